The van der Waals surface area contributed by atoms with E-state index in [4.69, 9.17) is 5.73 Å². The molecule has 8 heteroatoms. The fourth-order valence-corrected chi connectivity index (χ4v) is 5.06. The van der Waals surface area contributed by atoms with Crippen molar-refractivity contribution in [1.29, 1.82) is 0 Å². The van der Waals surface area contributed by atoms with E-state index in [1.807, 2.05) is 0 Å². The van der Waals surface area contributed by atoms with Crippen molar-refractivity contribution in [3.63, 3.8) is 0 Å². The van der Waals surface area contributed by atoms with Gasteiger partial charge in [-0.1, -0.05) is 90.9 Å². The van der Waals surface area contributed by atoms with Crippen LogP contribution in [0.5, 0.6) is 0 Å². The van der Waals surface area contributed by atoms with Crippen LogP contribution in [0, 0.1) is 5.41 Å². The van der Waals surface area contributed by atoms with E-state index in [2.05, 4.69) is 13.8 Å². The SMILES string of the molecule is CCCCCCCCC(CCCCCCCC)(C(=O)O)C(C(N)=O)S(=O)(=O)O. The molecule has 0 aliphatic carbocycles. The van der Waals surface area contributed by atoms with Gasteiger partial charge < -0.3 is 10.8 Å². The van der Waals surface area contributed by atoms with Gasteiger partial charge in [-0.2, -0.15) is 8.42 Å². The molecule has 0 aromatic carbocycles. The van der Waals surface area contributed by atoms with E-state index in [0.29, 0.717) is 12.8 Å². The Bertz CT molecular complexity index is 545. The van der Waals surface area contributed by atoms with Crippen molar-refractivity contribution in [3.05, 3.63) is 0 Å². The summed E-state index contributed by atoms with van der Waals surface area (Å²) in [4.78, 5) is 24.0. The molecule has 0 aromatic heterocycles. The molecular weight excluding hydrogens is 382 g/mol. The standard InChI is InChI=1S/C20H39NO6S/c1-3-5-7-9-11-13-15-20(19(23)24,16-14-12-10-8-6-4-2)17(18(21)22)28(25,26)27/h17H,3-16H2,1-2H3,(H2,21,22)(H,23,24)(H,25,26,27). The lowest BCUT2D eigenvalue weighted by Crippen LogP contribution is -2.53. The summed E-state index contributed by atoms with van der Waals surface area (Å²) < 4.78 is 33.3. The number of amides is 1. The largest absolute Gasteiger partial charge is 0.481 e. The van der Waals surface area contributed by atoms with Crippen LogP contribution in [0.25, 0.3) is 0 Å². The van der Waals surface area contributed by atoms with Crippen LogP contribution >= 0.6 is 0 Å². The lowest BCUT2D eigenvalue weighted by molar-refractivity contribution is -0.152. The molecule has 0 saturated heterocycles. The first-order valence-electron chi connectivity index (χ1n) is 10.6. The molecule has 166 valence electrons. The Morgan fingerprint density at radius 2 is 1.18 bits per heavy atom. The molecular formula is C20H39NO6S. The first-order valence-corrected chi connectivity index (χ1v) is 12.1. The molecule has 0 fully saturated rings. The number of nitrogens with two attached hydrogens (primary N) is 1. The van der Waals surface area contributed by atoms with Gasteiger partial charge in [-0.25, -0.2) is 0 Å². The van der Waals surface area contributed by atoms with Crippen molar-refractivity contribution in [2.45, 2.75) is 109 Å². The van der Waals surface area contributed by atoms with Crippen LogP contribution in [-0.4, -0.2) is 35.2 Å². The van der Waals surface area contributed by atoms with Gasteiger partial charge in [0.25, 0.3) is 10.1 Å². The van der Waals surface area contributed by atoms with E-state index in [1.165, 1.54) is 0 Å². The normalized spacial score (nSPS) is 13.4. The number of rotatable bonds is 18. The van der Waals surface area contributed by atoms with Gasteiger partial charge in [-0.15, -0.1) is 0 Å². The lowest BCUT2D eigenvalue weighted by Gasteiger charge is -2.34. The van der Waals surface area contributed by atoms with Crippen molar-refractivity contribution < 1.29 is 27.7 Å². The predicted octanol–water partition coefficient (Wildman–Crippen LogP) is 4.30. The molecule has 0 bridgehead atoms. The quantitative estimate of drug-likeness (QED) is 0.223. The van der Waals surface area contributed by atoms with Gasteiger partial charge in [0.2, 0.25) is 5.91 Å². The molecule has 0 aliphatic heterocycles. The molecule has 7 nitrogen and oxygen atoms in total. The number of primary amides is 1. The van der Waals surface area contributed by atoms with Crippen molar-refractivity contribution in [2.75, 3.05) is 0 Å². The first kappa shape index (κ1) is 26.9. The fraction of sp³-hybridized carbons (Fsp3) is 0.900. The van der Waals surface area contributed by atoms with Gasteiger partial charge in [0.05, 0.1) is 5.41 Å². The van der Waals surface area contributed by atoms with Crippen molar-refractivity contribution in [3.8, 4) is 0 Å². The number of carboxylic acids is 1. The van der Waals surface area contributed by atoms with Crippen LogP contribution in [0.3, 0.4) is 0 Å². The second-order valence-electron chi connectivity index (χ2n) is 7.79. The van der Waals surface area contributed by atoms with Crippen molar-refractivity contribution in [2.24, 2.45) is 11.1 Å². The third kappa shape index (κ3) is 9.37. The second kappa shape index (κ2) is 13.9. The molecule has 0 saturated carbocycles. The maximum Gasteiger partial charge on any atom is 0.311 e. The summed E-state index contributed by atoms with van der Waals surface area (Å²) in [5, 5.41) is 7.78. The van der Waals surface area contributed by atoms with Gasteiger partial charge in [-0.3, -0.25) is 14.1 Å². The van der Waals surface area contributed by atoms with Gasteiger partial charge in [0.15, 0.2) is 5.25 Å². The summed E-state index contributed by atoms with van der Waals surface area (Å²) in [6.45, 7) is 4.19. The summed E-state index contributed by atoms with van der Waals surface area (Å²) in [6, 6.07) is 0. The van der Waals surface area contributed by atoms with Crippen LogP contribution in [0.1, 0.15) is 104 Å². The summed E-state index contributed by atoms with van der Waals surface area (Å²) in [6.07, 6.45) is 10.8. The maximum atomic E-state index is 12.2. The molecule has 1 atom stereocenters. The minimum Gasteiger partial charge on any atom is -0.481 e. The number of hydrogen-bond donors (Lipinski definition) is 3. The molecule has 1 amide bonds. The van der Waals surface area contributed by atoms with Gasteiger partial charge >= 0.3 is 5.97 Å². The number of aliphatic carboxylic acids is 1. The van der Waals surface area contributed by atoms with E-state index in [0.717, 1.165) is 64.2 Å². The molecule has 0 rings (SSSR count). The molecule has 0 spiro atoms. The third-order valence-electron chi connectivity index (χ3n) is 5.44. The molecule has 4 N–H and O–H groups in total. The minimum atomic E-state index is -4.92. The number of unbranched alkanes of at least 4 members (excludes halogenated alkanes) is 10. The Hall–Kier alpha value is -1.15. The van der Waals surface area contributed by atoms with E-state index < -0.39 is 32.7 Å². The van der Waals surface area contributed by atoms with Crippen molar-refractivity contribution in [1.82, 2.24) is 0 Å². The van der Waals surface area contributed by atoms with E-state index in [9.17, 15) is 27.7 Å². The van der Waals surface area contributed by atoms with Crippen LogP contribution < -0.4 is 5.73 Å². The molecule has 0 aliphatic rings. The Balaban J connectivity index is 5.31. The predicted molar refractivity (Wildman–Crippen MR) is 111 cm³/mol. The fourth-order valence-electron chi connectivity index (χ4n) is 3.86. The summed E-state index contributed by atoms with van der Waals surface area (Å²) >= 11 is 0. The Labute approximate surface area is 170 Å². The van der Waals surface area contributed by atoms with Gasteiger partial charge in [-0.05, 0) is 12.8 Å². The highest BCUT2D eigenvalue weighted by Gasteiger charge is 2.54. The van der Waals surface area contributed by atoms with Gasteiger partial charge in [0, 0.05) is 0 Å². The molecule has 0 heterocycles. The number of hydrogen-bond acceptors (Lipinski definition) is 4. The monoisotopic (exact) mass is 421 g/mol. The zero-order chi connectivity index (χ0) is 21.6. The minimum absolute atomic E-state index is 0.0107. The topological polar surface area (TPSA) is 135 Å². The average Bonchev–Trinajstić information content (AvgIpc) is 2.58. The zero-order valence-electron chi connectivity index (χ0n) is 17.5. The number of carbonyl (C=O) groups excluding carboxylic acids is 1. The first-order chi connectivity index (χ1) is 13.1. The third-order valence-corrected chi connectivity index (χ3v) is 6.72. The Morgan fingerprint density at radius 1 is 0.821 bits per heavy atom. The van der Waals surface area contributed by atoms with E-state index in [-0.39, 0.29) is 12.8 Å². The molecule has 0 aromatic rings. The van der Waals surface area contributed by atoms with Crippen LogP contribution in [0.2, 0.25) is 0 Å². The highest BCUT2D eigenvalue weighted by Crippen LogP contribution is 2.39. The lowest BCUT2D eigenvalue weighted by atomic mass is 9.74. The number of carboxylic acid groups (broad SMARTS) is 1. The highest BCUT2D eigenvalue weighted by atomic mass is 32.2. The van der Waals surface area contributed by atoms with Crippen LogP contribution in [-0.2, 0) is 19.7 Å². The van der Waals surface area contributed by atoms with Crippen LogP contribution in [0.4, 0.5) is 0 Å². The summed E-state index contributed by atoms with van der Waals surface area (Å²) in [7, 11) is -4.92. The zero-order valence-corrected chi connectivity index (χ0v) is 18.3. The Morgan fingerprint density at radius 3 is 1.46 bits per heavy atom. The molecule has 28 heavy (non-hydrogen) atoms. The summed E-state index contributed by atoms with van der Waals surface area (Å²) in [5.41, 5.74) is 3.37. The number of carbonyl (C=O) groups is 2. The smallest absolute Gasteiger partial charge is 0.311 e. The summed E-state index contributed by atoms with van der Waals surface area (Å²) in [5.74, 6) is -2.68. The maximum absolute atomic E-state index is 12.2. The Kier molecular flexibility index (Phi) is 13.4. The highest BCUT2D eigenvalue weighted by molar-refractivity contribution is 7.87. The van der Waals surface area contributed by atoms with Crippen LogP contribution in [0.15, 0.2) is 0 Å². The van der Waals surface area contributed by atoms with E-state index in [1.54, 1.807) is 0 Å². The van der Waals surface area contributed by atoms with Gasteiger partial charge in [0.1, 0.15) is 0 Å². The second-order valence-corrected chi connectivity index (χ2v) is 9.30. The molecule has 1 unspecified atom stereocenters. The average molecular weight is 422 g/mol. The van der Waals surface area contributed by atoms with Crippen molar-refractivity contribution >= 4 is 22.0 Å². The van der Waals surface area contributed by atoms with E-state index >= 15 is 0 Å². The molecule has 0 radical (unpaired) electrons.